The Morgan fingerprint density at radius 3 is 2.50 bits per heavy atom. The summed E-state index contributed by atoms with van der Waals surface area (Å²) in [5, 5.41) is 6.07. The normalized spacial score (nSPS) is 15.5. The first-order valence-electron chi connectivity index (χ1n) is 10.2. The van der Waals surface area contributed by atoms with Crippen molar-refractivity contribution in [1.29, 1.82) is 0 Å². The lowest BCUT2D eigenvalue weighted by Crippen LogP contribution is -2.47. The number of likely N-dealkylation sites (N-methyl/N-ethyl adjacent to an activating group) is 1. The van der Waals surface area contributed by atoms with Crippen molar-refractivity contribution < 1.29 is 9.59 Å². The number of fused-ring (bicyclic) bond motifs is 1. The quantitative estimate of drug-likeness (QED) is 0.599. The molecule has 0 aromatic heterocycles. The minimum absolute atomic E-state index is 0.352. The Balaban J connectivity index is 1.71. The third-order valence-corrected chi connectivity index (χ3v) is 5.58. The van der Waals surface area contributed by atoms with Crippen molar-refractivity contribution in [2.75, 3.05) is 17.3 Å². The van der Waals surface area contributed by atoms with E-state index in [1.165, 1.54) is 4.90 Å². The first kappa shape index (κ1) is 21.6. The molecule has 0 spiro atoms. The zero-order chi connectivity index (χ0) is 22.8. The molecule has 7 heteroatoms. The number of nitrogens with zero attached hydrogens (tertiary/aromatic N) is 2. The summed E-state index contributed by atoms with van der Waals surface area (Å²) in [6.07, 6.45) is -1.10. The molecule has 6 nitrogen and oxygen atoms in total. The largest absolute Gasteiger partial charge is 0.321 e. The van der Waals surface area contributed by atoms with E-state index in [0.717, 1.165) is 22.3 Å². The van der Waals surface area contributed by atoms with E-state index in [9.17, 15) is 9.59 Å². The van der Waals surface area contributed by atoms with Gasteiger partial charge in [-0.15, -0.1) is 0 Å². The molecule has 0 aliphatic carbocycles. The summed E-state index contributed by atoms with van der Waals surface area (Å²) in [7, 11) is 1.66. The number of carbonyl (C=O) groups excluding carboxylic acids is 2. The van der Waals surface area contributed by atoms with Gasteiger partial charge < -0.3 is 15.5 Å². The molecule has 3 aromatic carbocycles. The molecule has 1 unspecified atom stereocenters. The van der Waals surface area contributed by atoms with Crippen molar-refractivity contribution in [3.05, 3.63) is 94.0 Å². The zero-order valence-corrected chi connectivity index (χ0v) is 18.8. The Hall–Kier alpha value is -3.64. The lowest BCUT2D eigenvalue weighted by molar-refractivity contribution is -0.119. The third-order valence-electron chi connectivity index (χ3n) is 5.34. The summed E-state index contributed by atoms with van der Waals surface area (Å²) in [5.41, 5.74) is 5.49. The lowest BCUT2D eigenvalue weighted by Gasteiger charge is -2.21. The summed E-state index contributed by atoms with van der Waals surface area (Å²) in [6, 6.07) is 20.0. The predicted molar refractivity (Wildman–Crippen MR) is 129 cm³/mol. The van der Waals surface area contributed by atoms with Gasteiger partial charge in [-0.25, -0.2) is 9.79 Å². The van der Waals surface area contributed by atoms with Crippen LogP contribution < -0.4 is 15.5 Å². The summed E-state index contributed by atoms with van der Waals surface area (Å²) in [4.78, 5) is 32.1. The molecule has 2 N–H and O–H groups in total. The number of benzene rings is 3. The number of nitrogens with one attached hydrogen (secondary N) is 2. The highest BCUT2D eigenvalue weighted by Crippen LogP contribution is 2.30. The van der Waals surface area contributed by atoms with Crippen LogP contribution in [0, 0.1) is 13.8 Å². The van der Waals surface area contributed by atoms with Crippen LogP contribution in [-0.2, 0) is 4.79 Å². The molecule has 3 amide bonds. The average Bonchev–Trinajstić information content (AvgIpc) is 2.87. The number of halogens is 1. The van der Waals surface area contributed by atoms with Gasteiger partial charge in [0.15, 0.2) is 0 Å². The highest BCUT2D eigenvalue weighted by atomic mass is 35.5. The van der Waals surface area contributed by atoms with Crippen molar-refractivity contribution in [3.8, 4) is 0 Å². The molecule has 4 rings (SSSR count). The lowest BCUT2D eigenvalue weighted by atomic mass is 10.0. The van der Waals surface area contributed by atoms with Crippen LogP contribution in [-0.4, -0.2) is 30.9 Å². The number of carbonyl (C=O) groups is 2. The van der Waals surface area contributed by atoms with E-state index in [2.05, 4.69) is 15.6 Å². The van der Waals surface area contributed by atoms with Crippen LogP contribution in [0.25, 0.3) is 0 Å². The first-order valence-corrected chi connectivity index (χ1v) is 10.6. The molecule has 1 aliphatic heterocycles. The van der Waals surface area contributed by atoms with Gasteiger partial charge in [0, 0.05) is 28.9 Å². The molecule has 1 aliphatic rings. The van der Waals surface area contributed by atoms with Crippen LogP contribution >= 0.6 is 11.6 Å². The van der Waals surface area contributed by atoms with E-state index in [0.29, 0.717) is 22.1 Å². The van der Waals surface area contributed by atoms with Gasteiger partial charge in [0.1, 0.15) is 0 Å². The van der Waals surface area contributed by atoms with Crippen LogP contribution in [0.3, 0.4) is 0 Å². The molecule has 0 saturated heterocycles. The molecule has 0 radical (unpaired) electrons. The number of urea groups is 1. The van der Waals surface area contributed by atoms with Crippen LogP contribution in [0.2, 0.25) is 5.02 Å². The summed E-state index contributed by atoms with van der Waals surface area (Å²) >= 11 is 6.27. The van der Waals surface area contributed by atoms with E-state index in [1.54, 1.807) is 25.2 Å². The van der Waals surface area contributed by atoms with Crippen molar-refractivity contribution in [2.24, 2.45) is 4.99 Å². The number of benzodiazepines with no additional fused rings is 1. The van der Waals surface area contributed by atoms with E-state index >= 15 is 0 Å². The van der Waals surface area contributed by atoms with Crippen LogP contribution in [0.15, 0.2) is 71.7 Å². The second-order valence-electron chi connectivity index (χ2n) is 7.72. The Bertz CT molecular complexity index is 1220. The number of anilines is 2. The SMILES string of the molecule is Cc1ccc(NC(=O)NC2N=C(c3ccccc3)c3cc(Cl)ccc3N(C)C2=O)c(C)c1. The zero-order valence-electron chi connectivity index (χ0n) is 18.0. The Labute approximate surface area is 191 Å². The average molecular weight is 447 g/mol. The Kier molecular flexibility index (Phi) is 5.97. The Morgan fingerprint density at radius 1 is 1.03 bits per heavy atom. The fourth-order valence-corrected chi connectivity index (χ4v) is 3.88. The number of hydrogen-bond acceptors (Lipinski definition) is 3. The van der Waals surface area contributed by atoms with Gasteiger partial charge in [-0.1, -0.05) is 59.6 Å². The topological polar surface area (TPSA) is 73.8 Å². The third kappa shape index (κ3) is 4.36. The second-order valence-corrected chi connectivity index (χ2v) is 8.16. The summed E-state index contributed by atoms with van der Waals surface area (Å²) in [6.45, 7) is 3.90. The molecule has 32 heavy (non-hydrogen) atoms. The molecular formula is C25H23ClN4O2. The summed E-state index contributed by atoms with van der Waals surface area (Å²) < 4.78 is 0. The van der Waals surface area contributed by atoms with E-state index in [4.69, 9.17) is 11.6 Å². The molecule has 1 heterocycles. The molecule has 162 valence electrons. The van der Waals surface area contributed by atoms with Gasteiger partial charge in [0.25, 0.3) is 5.91 Å². The second kappa shape index (κ2) is 8.85. The van der Waals surface area contributed by atoms with E-state index < -0.39 is 12.2 Å². The van der Waals surface area contributed by atoms with Gasteiger partial charge in [0.2, 0.25) is 6.17 Å². The highest BCUT2D eigenvalue weighted by Gasteiger charge is 2.31. The van der Waals surface area contributed by atoms with Gasteiger partial charge >= 0.3 is 6.03 Å². The number of aliphatic imine (C=N–C) groups is 1. The highest BCUT2D eigenvalue weighted by molar-refractivity contribution is 6.32. The number of amides is 3. The monoisotopic (exact) mass is 446 g/mol. The maximum Gasteiger partial charge on any atom is 0.321 e. The van der Waals surface area contributed by atoms with Crippen LogP contribution in [0.1, 0.15) is 22.3 Å². The molecule has 1 atom stereocenters. The number of rotatable bonds is 3. The van der Waals surface area contributed by atoms with E-state index in [1.807, 2.05) is 62.4 Å². The van der Waals surface area contributed by atoms with E-state index in [-0.39, 0.29) is 5.91 Å². The first-order chi connectivity index (χ1) is 15.3. The van der Waals surface area contributed by atoms with Crippen molar-refractivity contribution in [2.45, 2.75) is 20.0 Å². The molecular weight excluding hydrogens is 424 g/mol. The predicted octanol–water partition coefficient (Wildman–Crippen LogP) is 4.92. The minimum Gasteiger partial charge on any atom is -0.311 e. The molecule has 0 saturated carbocycles. The van der Waals surface area contributed by atoms with Crippen molar-refractivity contribution in [3.63, 3.8) is 0 Å². The van der Waals surface area contributed by atoms with Gasteiger partial charge in [-0.3, -0.25) is 4.79 Å². The Morgan fingerprint density at radius 2 is 1.78 bits per heavy atom. The fourth-order valence-electron chi connectivity index (χ4n) is 3.70. The van der Waals surface area contributed by atoms with Gasteiger partial charge in [0.05, 0.1) is 11.4 Å². The van der Waals surface area contributed by atoms with Crippen LogP contribution in [0.5, 0.6) is 0 Å². The standard InChI is InChI=1S/C25H23ClN4O2/c1-15-9-11-20(16(2)13-15)27-25(32)29-23-24(31)30(3)21-12-10-18(26)14-19(21)22(28-23)17-7-5-4-6-8-17/h4-14,23H,1-3H3,(H2,27,29,32). The fraction of sp³-hybridized carbons (Fsp3) is 0.160. The summed E-state index contributed by atoms with van der Waals surface area (Å²) in [5.74, 6) is -0.352. The van der Waals surface area contributed by atoms with Crippen LogP contribution in [0.4, 0.5) is 16.2 Å². The molecule has 0 bridgehead atoms. The van der Waals surface area contributed by atoms with Crippen molar-refractivity contribution >= 4 is 40.6 Å². The maximum atomic E-state index is 13.2. The van der Waals surface area contributed by atoms with Gasteiger partial charge in [-0.05, 0) is 43.7 Å². The number of aryl methyl sites for hydroxylation is 2. The van der Waals surface area contributed by atoms with Crippen molar-refractivity contribution in [1.82, 2.24) is 5.32 Å². The smallest absolute Gasteiger partial charge is 0.311 e. The number of hydrogen-bond donors (Lipinski definition) is 2. The molecule has 3 aromatic rings. The van der Waals surface area contributed by atoms with Gasteiger partial charge in [-0.2, -0.15) is 0 Å². The minimum atomic E-state index is -1.10. The maximum absolute atomic E-state index is 13.2. The molecule has 0 fully saturated rings.